The Morgan fingerprint density at radius 2 is 1.83 bits per heavy atom. The predicted molar refractivity (Wildman–Crippen MR) is 141 cm³/mol. The van der Waals surface area contributed by atoms with Gasteiger partial charge in [0, 0.05) is 22.9 Å². The molecule has 1 aliphatic heterocycles. The molecule has 180 valence electrons. The maximum Gasteiger partial charge on any atom is 0.323 e. The summed E-state index contributed by atoms with van der Waals surface area (Å²) < 4.78 is 6.07. The number of ether oxygens (including phenoxy) is 1. The molecule has 3 aromatic carbocycles. The van der Waals surface area contributed by atoms with E-state index in [2.05, 4.69) is 25.7 Å². The first kappa shape index (κ1) is 23.0. The number of carbonyl (C=O) groups excluding carboxylic acids is 1. The highest BCUT2D eigenvalue weighted by Gasteiger charge is 2.16. The zero-order valence-corrected chi connectivity index (χ0v) is 19.9. The number of urea groups is 1. The Balaban J connectivity index is 1.29. The number of anilines is 3. The number of nitrogen functional groups attached to an aromatic ring is 1. The number of H-pyrrole nitrogens is 1. The SMILES string of the molecule is Nc1n[nH]c2c(OCCN3CCCC3)ccc(-c3ccc(NC(=O)Nc4cccc(Cl)c4)cc3)c12. The summed E-state index contributed by atoms with van der Waals surface area (Å²) in [7, 11) is 0. The molecule has 0 atom stereocenters. The fourth-order valence-electron chi connectivity index (χ4n) is 4.38. The van der Waals surface area contributed by atoms with Gasteiger partial charge in [-0.15, -0.1) is 0 Å². The number of carbonyl (C=O) groups is 1. The largest absolute Gasteiger partial charge is 0.490 e. The lowest BCUT2D eigenvalue weighted by Gasteiger charge is -2.15. The number of aromatic amines is 1. The molecule has 1 saturated heterocycles. The van der Waals surface area contributed by atoms with Gasteiger partial charge < -0.3 is 21.1 Å². The fraction of sp³-hybridized carbons (Fsp3) is 0.231. The molecule has 0 bridgehead atoms. The number of nitrogens with zero attached hydrogens (tertiary/aromatic N) is 2. The summed E-state index contributed by atoms with van der Waals surface area (Å²) in [5.41, 5.74) is 10.2. The second kappa shape index (κ2) is 10.2. The summed E-state index contributed by atoms with van der Waals surface area (Å²) in [6.45, 7) is 3.81. The molecule has 4 aromatic rings. The molecule has 0 unspecified atom stereocenters. The summed E-state index contributed by atoms with van der Waals surface area (Å²) in [6, 6.07) is 18.1. The van der Waals surface area contributed by atoms with Crippen molar-refractivity contribution >= 4 is 45.7 Å². The lowest BCUT2D eigenvalue weighted by molar-refractivity contribution is 0.239. The van der Waals surface area contributed by atoms with Crippen LogP contribution in [0.3, 0.4) is 0 Å². The van der Waals surface area contributed by atoms with E-state index in [-0.39, 0.29) is 6.03 Å². The van der Waals surface area contributed by atoms with Gasteiger partial charge in [0.1, 0.15) is 17.9 Å². The molecule has 5 rings (SSSR count). The quantitative estimate of drug-likeness (QED) is 0.270. The molecule has 0 spiro atoms. The first-order chi connectivity index (χ1) is 17.1. The normalized spacial score (nSPS) is 13.7. The van der Waals surface area contributed by atoms with E-state index in [0.717, 1.165) is 47.4 Å². The van der Waals surface area contributed by atoms with Gasteiger partial charge in [-0.25, -0.2) is 4.79 Å². The smallest absolute Gasteiger partial charge is 0.323 e. The van der Waals surface area contributed by atoms with Gasteiger partial charge >= 0.3 is 6.03 Å². The van der Waals surface area contributed by atoms with Crippen LogP contribution in [-0.4, -0.2) is 47.4 Å². The maximum atomic E-state index is 12.3. The van der Waals surface area contributed by atoms with Crippen LogP contribution < -0.4 is 21.1 Å². The Morgan fingerprint density at radius 1 is 1.06 bits per heavy atom. The Bertz CT molecular complexity index is 1330. The van der Waals surface area contributed by atoms with Gasteiger partial charge in [0.2, 0.25) is 0 Å². The van der Waals surface area contributed by atoms with Gasteiger partial charge in [0.15, 0.2) is 5.82 Å². The number of benzene rings is 3. The van der Waals surface area contributed by atoms with Crippen molar-refractivity contribution in [3.8, 4) is 16.9 Å². The van der Waals surface area contributed by atoms with Crippen LogP contribution in [0.1, 0.15) is 12.8 Å². The van der Waals surface area contributed by atoms with Crippen LogP contribution in [0.4, 0.5) is 22.0 Å². The van der Waals surface area contributed by atoms with Crippen molar-refractivity contribution in [3.05, 3.63) is 65.7 Å². The van der Waals surface area contributed by atoms with Gasteiger partial charge in [-0.05, 0) is 79.5 Å². The van der Waals surface area contributed by atoms with E-state index in [0.29, 0.717) is 28.8 Å². The monoisotopic (exact) mass is 490 g/mol. The third-order valence-electron chi connectivity index (χ3n) is 6.11. The lowest BCUT2D eigenvalue weighted by Crippen LogP contribution is -2.25. The third-order valence-corrected chi connectivity index (χ3v) is 6.35. The highest BCUT2D eigenvalue weighted by molar-refractivity contribution is 6.30. The Labute approximate surface area is 208 Å². The highest BCUT2D eigenvalue weighted by Crippen LogP contribution is 2.36. The Hall–Kier alpha value is -3.75. The molecule has 0 radical (unpaired) electrons. The number of hydrogen-bond donors (Lipinski definition) is 4. The molecule has 1 fully saturated rings. The van der Waals surface area contributed by atoms with E-state index in [1.165, 1.54) is 12.8 Å². The first-order valence-corrected chi connectivity index (χ1v) is 12.0. The molecule has 2 heterocycles. The van der Waals surface area contributed by atoms with Gasteiger partial charge in [0.05, 0.1) is 5.39 Å². The van der Waals surface area contributed by atoms with Gasteiger partial charge in [-0.3, -0.25) is 10.00 Å². The lowest BCUT2D eigenvalue weighted by atomic mass is 10.0. The molecule has 35 heavy (non-hydrogen) atoms. The van der Waals surface area contributed by atoms with Crippen LogP contribution in [0, 0.1) is 0 Å². The van der Waals surface area contributed by atoms with Crippen LogP contribution in [0.5, 0.6) is 5.75 Å². The van der Waals surface area contributed by atoms with Crippen molar-refractivity contribution in [1.29, 1.82) is 0 Å². The number of likely N-dealkylation sites (tertiary alicyclic amines) is 1. The number of halogens is 1. The number of amides is 2. The van der Waals surface area contributed by atoms with E-state index >= 15 is 0 Å². The fourth-order valence-corrected chi connectivity index (χ4v) is 4.57. The van der Waals surface area contributed by atoms with Crippen molar-refractivity contribution in [1.82, 2.24) is 15.1 Å². The molecule has 9 heteroatoms. The van der Waals surface area contributed by atoms with Crippen molar-refractivity contribution in [2.45, 2.75) is 12.8 Å². The maximum absolute atomic E-state index is 12.3. The molecule has 1 aromatic heterocycles. The van der Waals surface area contributed by atoms with Crippen molar-refractivity contribution in [2.24, 2.45) is 0 Å². The van der Waals surface area contributed by atoms with E-state index in [1.807, 2.05) is 36.4 Å². The number of fused-ring (bicyclic) bond motifs is 1. The summed E-state index contributed by atoms with van der Waals surface area (Å²) in [5.74, 6) is 1.16. The Kier molecular flexibility index (Phi) is 6.74. The van der Waals surface area contributed by atoms with Crippen LogP contribution >= 0.6 is 11.6 Å². The standard InChI is InChI=1S/C26H27ClN6O2/c27-18-4-3-5-20(16-18)30-26(34)29-19-8-6-17(7-9-19)21-10-11-22(24-23(21)25(28)32-31-24)35-15-14-33-12-1-2-13-33/h3-11,16H,1-2,12-15H2,(H3,28,31,32)(H2,29,30,34). The van der Waals surface area contributed by atoms with Gasteiger partial charge in [0.25, 0.3) is 0 Å². The van der Waals surface area contributed by atoms with E-state index in [9.17, 15) is 4.79 Å². The van der Waals surface area contributed by atoms with E-state index < -0.39 is 0 Å². The van der Waals surface area contributed by atoms with E-state index in [4.69, 9.17) is 22.1 Å². The minimum atomic E-state index is -0.350. The van der Waals surface area contributed by atoms with Gasteiger partial charge in [-0.2, -0.15) is 5.10 Å². The minimum Gasteiger partial charge on any atom is -0.490 e. The minimum absolute atomic E-state index is 0.350. The summed E-state index contributed by atoms with van der Waals surface area (Å²) in [5, 5.41) is 14.2. The molecular formula is C26H27ClN6O2. The second-order valence-electron chi connectivity index (χ2n) is 8.53. The van der Waals surface area contributed by atoms with E-state index in [1.54, 1.807) is 24.3 Å². The number of hydrogen-bond acceptors (Lipinski definition) is 5. The van der Waals surface area contributed by atoms with Crippen LogP contribution in [0.2, 0.25) is 5.02 Å². The molecule has 2 amide bonds. The van der Waals surface area contributed by atoms with Crippen LogP contribution in [0.15, 0.2) is 60.7 Å². The first-order valence-electron chi connectivity index (χ1n) is 11.6. The number of aromatic nitrogens is 2. The summed E-state index contributed by atoms with van der Waals surface area (Å²) in [6.07, 6.45) is 2.52. The average molecular weight is 491 g/mol. The molecule has 0 saturated carbocycles. The highest BCUT2D eigenvalue weighted by atomic mass is 35.5. The zero-order valence-electron chi connectivity index (χ0n) is 19.2. The van der Waals surface area contributed by atoms with Gasteiger partial charge in [-0.1, -0.05) is 29.8 Å². The number of nitrogens with two attached hydrogens (primary N) is 1. The summed E-state index contributed by atoms with van der Waals surface area (Å²) in [4.78, 5) is 14.7. The molecule has 1 aliphatic rings. The predicted octanol–water partition coefficient (Wildman–Crippen LogP) is 5.58. The van der Waals surface area contributed by atoms with Crippen molar-refractivity contribution < 1.29 is 9.53 Å². The number of nitrogens with one attached hydrogen (secondary N) is 3. The molecule has 5 N–H and O–H groups in total. The van der Waals surface area contributed by atoms with Crippen molar-refractivity contribution in [2.75, 3.05) is 42.6 Å². The number of rotatable bonds is 7. The van der Waals surface area contributed by atoms with Crippen molar-refractivity contribution in [3.63, 3.8) is 0 Å². The van der Waals surface area contributed by atoms with Crippen LogP contribution in [0.25, 0.3) is 22.0 Å². The average Bonchev–Trinajstić information content (AvgIpc) is 3.50. The molecular weight excluding hydrogens is 464 g/mol. The molecule has 0 aliphatic carbocycles. The second-order valence-corrected chi connectivity index (χ2v) is 8.97. The summed E-state index contributed by atoms with van der Waals surface area (Å²) >= 11 is 5.97. The molecule has 8 nitrogen and oxygen atoms in total. The Morgan fingerprint density at radius 3 is 2.60 bits per heavy atom. The van der Waals surface area contributed by atoms with Crippen LogP contribution in [-0.2, 0) is 0 Å². The topological polar surface area (TPSA) is 108 Å². The third kappa shape index (κ3) is 5.34. The zero-order chi connectivity index (χ0) is 24.2.